The van der Waals surface area contributed by atoms with E-state index in [9.17, 15) is 13.2 Å². The van der Waals surface area contributed by atoms with E-state index in [1.54, 1.807) is 0 Å². The molecule has 1 aliphatic heterocycles. The van der Waals surface area contributed by atoms with Crippen molar-refractivity contribution in [3.63, 3.8) is 0 Å². The lowest BCUT2D eigenvalue weighted by atomic mass is 9.62. The molecule has 1 aliphatic carbocycles. The van der Waals surface area contributed by atoms with Gasteiger partial charge in [0.15, 0.2) is 0 Å². The normalized spacial score (nSPS) is 35.3. The van der Waals surface area contributed by atoms with E-state index in [0.29, 0.717) is 12.3 Å². The monoisotopic (exact) mass is 322 g/mol. The Morgan fingerprint density at radius 1 is 1.30 bits per heavy atom. The number of halogens is 1. The molecule has 2 rings (SSSR count). The van der Waals surface area contributed by atoms with Crippen molar-refractivity contribution in [3.8, 4) is 0 Å². The van der Waals surface area contributed by atoms with Crippen LogP contribution in [0, 0.1) is 16.7 Å². The predicted molar refractivity (Wildman–Crippen MR) is 78.0 cm³/mol. The number of hydrogen-bond acceptors (Lipinski definition) is 4. The molecule has 116 valence electrons. The topological polar surface area (TPSA) is 60.4 Å². The van der Waals surface area contributed by atoms with Gasteiger partial charge in [0.05, 0.1) is 6.42 Å². The Labute approximate surface area is 125 Å². The molecule has 0 N–H and O–H groups in total. The third kappa shape index (κ3) is 3.48. The van der Waals surface area contributed by atoms with Crippen LogP contribution in [0.25, 0.3) is 0 Å². The van der Waals surface area contributed by atoms with Gasteiger partial charge in [-0.05, 0) is 37.0 Å². The Kier molecular flexibility index (Phi) is 4.15. The first-order valence-electron chi connectivity index (χ1n) is 7.14. The summed E-state index contributed by atoms with van der Waals surface area (Å²) in [7, 11) is 1.69. The quantitative estimate of drug-likeness (QED) is 0.579. The number of carbonyl (C=O) groups is 1. The molecule has 0 aromatic heterocycles. The summed E-state index contributed by atoms with van der Waals surface area (Å²) >= 11 is 0. The van der Waals surface area contributed by atoms with Crippen molar-refractivity contribution in [2.24, 2.45) is 16.7 Å². The molecule has 4 nitrogen and oxygen atoms in total. The molecule has 0 bridgehead atoms. The smallest absolute Gasteiger partial charge is 0.306 e. The Bertz CT molecular complexity index is 484. The molecular weight excluding hydrogens is 300 g/mol. The highest BCUT2D eigenvalue weighted by Gasteiger charge is 2.52. The van der Waals surface area contributed by atoms with Gasteiger partial charge in [0.1, 0.15) is 11.9 Å². The first kappa shape index (κ1) is 16.1. The van der Waals surface area contributed by atoms with Crippen LogP contribution >= 0.6 is 10.7 Å². The summed E-state index contributed by atoms with van der Waals surface area (Å²) in [5.41, 5.74) is -0.0695. The summed E-state index contributed by atoms with van der Waals surface area (Å²) in [4.78, 5) is 11.6. The number of ether oxygens (including phenoxy) is 1. The van der Waals surface area contributed by atoms with Gasteiger partial charge in [-0.1, -0.05) is 20.8 Å². The van der Waals surface area contributed by atoms with E-state index < -0.39 is 15.2 Å². The summed E-state index contributed by atoms with van der Waals surface area (Å²) in [5.74, 6) is 0.0575. The fourth-order valence-electron chi connectivity index (χ4n) is 3.68. The number of cyclic esters (lactones) is 1. The van der Waals surface area contributed by atoms with Gasteiger partial charge in [-0.3, -0.25) is 4.79 Å². The largest absolute Gasteiger partial charge is 0.461 e. The fraction of sp³-hybridized carbons (Fsp3) is 0.929. The second-order valence-electron chi connectivity index (χ2n) is 7.36. The maximum atomic E-state index is 11.6. The lowest BCUT2D eigenvalue weighted by molar-refractivity contribution is -0.141. The molecular formula is C14H23ClO4S. The first-order chi connectivity index (χ1) is 9.02. The van der Waals surface area contributed by atoms with Gasteiger partial charge >= 0.3 is 5.97 Å². The maximum Gasteiger partial charge on any atom is 0.306 e. The van der Waals surface area contributed by atoms with Crippen LogP contribution in [0.15, 0.2) is 0 Å². The molecule has 1 unspecified atom stereocenters. The van der Waals surface area contributed by atoms with E-state index in [1.807, 2.05) is 0 Å². The summed E-state index contributed by atoms with van der Waals surface area (Å²) in [6.45, 7) is 6.69. The van der Waals surface area contributed by atoms with Crippen LogP contribution in [-0.2, 0) is 18.6 Å². The van der Waals surface area contributed by atoms with Crippen LogP contribution in [0.1, 0.15) is 52.9 Å². The highest BCUT2D eigenvalue weighted by molar-refractivity contribution is 8.13. The lowest BCUT2D eigenvalue weighted by Gasteiger charge is -2.43. The average Bonchev–Trinajstić information content (AvgIpc) is 2.51. The molecule has 20 heavy (non-hydrogen) atoms. The average molecular weight is 323 g/mol. The third-order valence-corrected chi connectivity index (χ3v) is 6.09. The van der Waals surface area contributed by atoms with E-state index in [1.165, 1.54) is 0 Å². The highest BCUT2D eigenvalue weighted by atomic mass is 35.7. The zero-order chi connectivity index (χ0) is 15.2. The van der Waals surface area contributed by atoms with Gasteiger partial charge < -0.3 is 4.74 Å². The minimum absolute atomic E-state index is 0.249. The molecule has 6 heteroatoms. The standard InChI is InChI=1S/C14H23ClO4S/c1-13(2,3)10-4-6-14(7-5-10)8-12(16)19-11(14)9-20(15,17)18/h10-11H,4-9H2,1-3H3. The lowest BCUT2D eigenvalue weighted by Crippen LogP contribution is -2.40. The molecule has 0 amide bonds. The molecule has 1 spiro atoms. The Hall–Kier alpha value is -0.290. The minimum atomic E-state index is -3.65. The number of carbonyl (C=O) groups excluding carboxylic acids is 1. The SMILES string of the molecule is CC(C)(C)C1CCC2(CC1)CC(=O)OC2CS(=O)(=O)Cl. The van der Waals surface area contributed by atoms with Gasteiger partial charge in [-0.2, -0.15) is 0 Å². The summed E-state index contributed by atoms with van der Waals surface area (Å²) < 4.78 is 27.9. The van der Waals surface area contributed by atoms with Crippen molar-refractivity contribution < 1.29 is 17.9 Å². The van der Waals surface area contributed by atoms with Crippen molar-refractivity contribution in [2.75, 3.05) is 5.75 Å². The van der Waals surface area contributed by atoms with Gasteiger partial charge in [0.2, 0.25) is 9.05 Å². The molecule has 0 aromatic rings. The van der Waals surface area contributed by atoms with E-state index >= 15 is 0 Å². The van der Waals surface area contributed by atoms with Crippen LogP contribution < -0.4 is 0 Å². The van der Waals surface area contributed by atoms with E-state index in [4.69, 9.17) is 15.4 Å². The summed E-state index contributed by atoms with van der Waals surface area (Å²) in [6, 6.07) is 0. The molecule has 2 fully saturated rings. The molecule has 1 heterocycles. The van der Waals surface area contributed by atoms with Crippen LogP contribution in [0.3, 0.4) is 0 Å². The maximum absolute atomic E-state index is 11.6. The molecule has 0 aromatic carbocycles. The minimum Gasteiger partial charge on any atom is -0.461 e. The van der Waals surface area contributed by atoms with E-state index in [2.05, 4.69) is 20.8 Å². The molecule has 2 aliphatic rings. The fourth-order valence-corrected chi connectivity index (χ4v) is 4.80. The van der Waals surface area contributed by atoms with E-state index in [0.717, 1.165) is 25.7 Å². The van der Waals surface area contributed by atoms with Crippen molar-refractivity contribution in [2.45, 2.75) is 59.0 Å². The molecule has 0 radical (unpaired) electrons. The molecule has 1 saturated carbocycles. The predicted octanol–water partition coefficient (Wildman–Crippen LogP) is 3.09. The Balaban J connectivity index is 2.12. The number of rotatable bonds is 2. The van der Waals surface area contributed by atoms with Crippen LogP contribution in [0.2, 0.25) is 0 Å². The van der Waals surface area contributed by atoms with Gasteiger partial charge in [-0.15, -0.1) is 0 Å². The Morgan fingerprint density at radius 2 is 1.85 bits per heavy atom. The van der Waals surface area contributed by atoms with Crippen molar-refractivity contribution in [1.82, 2.24) is 0 Å². The second-order valence-corrected chi connectivity index (χ2v) is 10.2. The van der Waals surface area contributed by atoms with Gasteiger partial charge in [-0.25, -0.2) is 8.42 Å². The number of hydrogen-bond donors (Lipinski definition) is 0. The Morgan fingerprint density at radius 3 is 2.30 bits per heavy atom. The van der Waals surface area contributed by atoms with E-state index in [-0.39, 0.29) is 22.6 Å². The van der Waals surface area contributed by atoms with Gasteiger partial charge in [0.25, 0.3) is 0 Å². The van der Waals surface area contributed by atoms with Crippen LogP contribution in [-0.4, -0.2) is 26.2 Å². The first-order valence-corrected chi connectivity index (χ1v) is 9.62. The van der Waals surface area contributed by atoms with Crippen molar-refractivity contribution in [3.05, 3.63) is 0 Å². The zero-order valence-electron chi connectivity index (χ0n) is 12.3. The van der Waals surface area contributed by atoms with Crippen LogP contribution in [0.4, 0.5) is 0 Å². The third-order valence-electron chi connectivity index (χ3n) is 5.01. The number of esters is 1. The summed E-state index contributed by atoms with van der Waals surface area (Å²) in [5, 5.41) is 0. The van der Waals surface area contributed by atoms with Crippen molar-refractivity contribution in [1.29, 1.82) is 0 Å². The molecule has 1 atom stereocenters. The highest BCUT2D eigenvalue weighted by Crippen LogP contribution is 2.52. The second kappa shape index (κ2) is 5.16. The van der Waals surface area contributed by atoms with Crippen LogP contribution in [0.5, 0.6) is 0 Å². The molecule has 1 saturated heterocycles. The van der Waals surface area contributed by atoms with Gasteiger partial charge in [0, 0.05) is 16.1 Å². The summed E-state index contributed by atoms with van der Waals surface area (Å²) in [6.07, 6.45) is 3.48. The zero-order valence-corrected chi connectivity index (χ0v) is 13.9. The van der Waals surface area contributed by atoms with Crippen molar-refractivity contribution >= 4 is 25.7 Å².